The molecule has 0 saturated carbocycles. The Hall–Kier alpha value is -2.17. The van der Waals surface area contributed by atoms with Gasteiger partial charge in [0, 0.05) is 18.7 Å². The maximum absolute atomic E-state index is 12.0. The predicted molar refractivity (Wildman–Crippen MR) is 67.4 cm³/mol. The molecule has 0 radical (unpaired) electrons. The third-order valence-corrected chi connectivity index (χ3v) is 3.28. The Balaban J connectivity index is 2.40. The van der Waals surface area contributed by atoms with Gasteiger partial charge in [-0.3, -0.25) is 4.79 Å². The highest BCUT2D eigenvalue weighted by Crippen LogP contribution is 2.37. The van der Waals surface area contributed by atoms with Crippen molar-refractivity contribution in [2.75, 3.05) is 20.8 Å². The minimum absolute atomic E-state index is 0.0611. The summed E-state index contributed by atoms with van der Waals surface area (Å²) >= 11 is 0. The lowest BCUT2D eigenvalue weighted by atomic mass is 10.0. The molecule has 1 amide bonds. The zero-order valence-corrected chi connectivity index (χ0v) is 10.3. The van der Waals surface area contributed by atoms with Crippen LogP contribution in [-0.2, 0) is 6.42 Å². The Bertz CT molecular complexity index is 631. The number of ether oxygens (including phenoxy) is 2. The van der Waals surface area contributed by atoms with Crippen LogP contribution in [0.25, 0.3) is 10.9 Å². The highest BCUT2D eigenvalue weighted by molar-refractivity contribution is 6.12. The number of aromatic amines is 1. The summed E-state index contributed by atoms with van der Waals surface area (Å²) in [5.41, 5.74) is 2.43. The molecule has 2 heterocycles. The van der Waals surface area contributed by atoms with Crippen molar-refractivity contribution in [1.82, 2.24) is 10.3 Å². The van der Waals surface area contributed by atoms with Gasteiger partial charge in [-0.05, 0) is 12.1 Å². The van der Waals surface area contributed by atoms with E-state index in [1.807, 2.05) is 12.1 Å². The Morgan fingerprint density at radius 2 is 1.89 bits per heavy atom. The first-order valence-electron chi connectivity index (χ1n) is 5.80. The van der Waals surface area contributed by atoms with Gasteiger partial charge in [-0.1, -0.05) is 0 Å². The van der Waals surface area contributed by atoms with Crippen LogP contribution < -0.4 is 14.8 Å². The number of nitrogens with one attached hydrogen (secondary N) is 2. The zero-order chi connectivity index (χ0) is 12.7. The fraction of sp³-hybridized carbons (Fsp3) is 0.308. The van der Waals surface area contributed by atoms with Crippen LogP contribution in [0.3, 0.4) is 0 Å². The summed E-state index contributed by atoms with van der Waals surface area (Å²) in [6.45, 7) is 0.656. The molecule has 0 spiro atoms. The minimum Gasteiger partial charge on any atom is -0.496 e. The third kappa shape index (κ3) is 1.37. The number of H-pyrrole nitrogens is 1. The van der Waals surface area contributed by atoms with Crippen molar-refractivity contribution in [3.05, 3.63) is 23.4 Å². The molecule has 0 atom stereocenters. The second-order valence-electron chi connectivity index (χ2n) is 4.20. The fourth-order valence-electron chi connectivity index (χ4n) is 2.47. The average Bonchev–Trinajstić information content (AvgIpc) is 2.78. The van der Waals surface area contributed by atoms with E-state index in [0.29, 0.717) is 23.6 Å². The van der Waals surface area contributed by atoms with Gasteiger partial charge in [-0.2, -0.15) is 0 Å². The molecule has 2 N–H and O–H groups in total. The number of carbonyl (C=O) groups excluding carboxylic acids is 1. The molecule has 1 aromatic carbocycles. The molecule has 18 heavy (non-hydrogen) atoms. The van der Waals surface area contributed by atoms with E-state index >= 15 is 0 Å². The Labute approximate surface area is 104 Å². The van der Waals surface area contributed by atoms with E-state index in [-0.39, 0.29) is 5.91 Å². The van der Waals surface area contributed by atoms with Gasteiger partial charge < -0.3 is 19.8 Å². The number of hydrogen-bond donors (Lipinski definition) is 2. The summed E-state index contributed by atoms with van der Waals surface area (Å²) < 4.78 is 10.7. The summed E-state index contributed by atoms with van der Waals surface area (Å²) in [5.74, 6) is 1.34. The SMILES string of the molecule is COc1ccc(OC)c2c3c([nH]c12)CCNC3=O. The van der Waals surface area contributed by atoms with E-state index in [2.05, 4.69) is 10.3 Å². The zero-order valence-electron chi connectivity index (χ0n) is 10.3. The average molecular weight is 246 g/mol. The molecule has 5 nitrogen and oxygen atoms in total. The van der Waals surface area contributed by atoms with Crippen LogP contribution in [0.4, 0.5) is 0 Å². The van der Waals surface area contributed by atoms with Crippen molar-refractivity contribution >= 4 is 16.8 Å². The first-order valence-corrected chi connectivity index (χ1v) is 5.80. The number of rotatable bonds is 2. The molecular formula is C13H14N2O3. The van der Waals surface area contributed by atoms with Crippen molar-refractivity contribution in [2.45, 2.75) is 6.42 Å². The standard InChI is InChI=1S/C13H14N2O3/c1-17-8-3-4-9(18-2)12-11(8)10-7(15-12)5-6-14-13(10)16/h3-4,15H,5-6H2,1-2H3,(H,14,16). The van der Waals surface area contributed by atoms with E-state index in [9.17, 15) is 4.79 Å². The van der Waals surface area contributed by atoms with Gasteiger partial charge in [0.1, 0.15) is 11.5 Å². The minimum atomic E-state index is -0.0611. The molecule has 5 heteroatoms. The molecule has 94 valence electrons. The van der Waals surface area contributed by atoms with E-state index in [0.717, 1.165) is 23.0 Å². The summed E-state index contributed by atoms with van der Waals surface area (Å²) in [6, 6.07) is 3.65. The van der Waals surface area contributed by atoms with Crippen LogP contribution in [0.2, 0.25) is 0 Å². The van der Waals surface area contributed by atoms with E-state index < -0.39 is 0 Å². The summed E-state index contributed by atoms with van der Waals surface area (Å²) in [7, 11) is 3.21. The number of amides is 1. The van der Waals surface area contributed by atoms with Gasteiger partial charge in [0.05, 0.1) is 30.7 Å². The molecule has 0 saturated heterocycles. The molecule has 1 aliphatic heterocycles. The van der Waals surface area contributed by atoms with Crippen LogP contribution in [0.15, 0.2) is 12.1 Å². The molecule has 0 unspecified atom stereocenters. The molecule has 0 aliphatic carbocycles. The van der Waals surface area contributed by atoms with Crippen LogP contribution in [-0.4, -0.2) is 31.7 Å². The first-order chi connectivity index (χ1) is 8.76. The lowest BCUT2D eigenvalue weighted by molar-refractivity contribution is 0.0947. The third-order valence-electron chi connectivity index (χ3n) is 3.28. The van der Waals surface area contributed by atoms with Crippen LogP contribution >= 0.6 is 0 Å². The van der Waals surface area contributed by atoms with Crippen molar-refractivity contribution in [1.29, 1.82) is 0 Å². The predicted octanol–water partition coefficient (Wildman–Crippen LogP) is 1.47. The number of hydrogen-bond acceptors (Lipinski definition) is 3. The van der Waals surface area contributed by atoms with E-state index in [4.69, 9.17) is 9.47 Å². The number of methoxy groups -OCH3 is 2. The number of carbonyl (C=O) groups is 1. The van der Waals surface area contributed by atoms with Gasteiger partial charge in [0.2, 0.25) is 0 Å². The van der Waals surface area contributed by atoms with E-state index in [1.165, 1.54) is 0 Å². The molecular weight excluding hydrogens is 232 g/mol. The normalized spacial score (nSPS) is 14.2. The van der Waals surface area contributed by atoms with Crippen molar-refractivity contribution < 1.29 is 14.3 Å². The fourth-order valence-corrected chi connectivity index (χ4v) is 2.47. The monoisotopic (exact) mass is 246 g/mol. The quantitative estimate of drug-likeness (QED) is 0.843. The maximum Gasteiger partial charge on any atom is 0.253 e. The van der Waals surface area contributed by atoms with Crippen molar-refractivity contribution in [2.24, 2.45) is 0 Å². The number of aromatic nitrogens is 1. The van der Waals surface area contributed by atoms with Crippen LogP contribution in [0.5, 0.6) is 11.5 Å². The van der Waals surface area contributed by atoms with Crippen molar-refractivity contribution in [3.63, 3.8) is 0 Å². The summed E-state index contributed by atoms with van der Waals surface area (Å²) in [4.78, 5) is 15.3. The second kappa shape index (κ2) is 3.94. The molecule has 1 aromatic heterocycles. The molecule has 3 rings (SSSR count). The topological polar surface area (TPSA) is 63.4 Å². The highest BCUT2D eigenvalue weighted by atomic mass is 16.5. The Morgan fingerprint density at radius 1 is 1.17 bits per heavy atom. The molecule has 1 aliphatic rings. The van der Waals surface area contributed by atoms with Gasteiger partial charge in [-0.15, -0.1) is 0 Å². The molecule has 0 bridgehead atoms. The summed E-state index contributed by atoms with van der Waals surface area (Å²) in [6.07, 6.45) is 0.794. The van der Waals surface area contributed by atoms with Crippen LogP contribution in [0.1, 0.15) is 16.1 Å². The Morgan fingerprint density at radius 3 is 2.61 bits per heavy atom. The smallest absolute Gasteiger partial charge is 0.253 e. The first kappa shape index (κ1) is 11.0. The van der Waals surface area contributed by atoms with Gasteiger partial charge >= 0.3 is 0 Å². The largest absolute Gasteiger partial charge is 0.496 e. The number of benzene rings is 1. The van der Waals surface area contributed by atoms with Gasteiger partial charge in [-0.25, -0.2) is 0 Å². The van der Waals surface area contributed by atoms with E-state index in [1.54, 1.807) is 14.2 Å². The van der Waals surface area contributed by atoms with Crippen LogP contribution in [0, 0.1) is 0 Å². The second-order valence-corrected chi connectivity index (χ2v) is 4.20. The van der Waals surface area contributed by atoms with Crippen molar-refractivity contribution in [3.8, 4) is 11.5 Å². The lowest BCUT2D eigenvalue weighted by Gasteiger charge is -2.13. The van der Waals surface area contributed by atoms with Gasteiger partial charge in [0.15, 0.2) is 0 Å². The lowest BCUT2D eigenvalue weighted by Crippen LogP contribution is -2.31. The highest BCUT2D eigenvalue weighted by Gasteiger charge is 2.25. The van der Waals surface area contributed by atoms with Gasteiger partial charge in [0.25, 0.3) is 5.91 Å². The Kier molecular flexibility index (Phi) is 2.40. The molecule has 2 aromatic rings. The molecule has 0 fully saturated rings. The number of fused-ring (bicyclic) bond motifs is 3. The summed E-state index contributed by atoms with van der Waals surface area (Å²) in [5, 5.41) is 3.65. The maximum atomic E-state index is 12.0.